The lowest BCUT2D eigenvalue weighted by Gasteiger charge is -2.09. The highest BCUT2D eigenvalue weighted by molar-refractivity contribution is 6.41. The molecule has 0 aliphatic rings. The molecule has 1 N–H and O–H groups in total. The summed E-state index contributed by atoms with van der Waals surface area (Å²) in [5.74, 6) is -0.207. The third kappa shape index (κ3) is 5.05. The van der Waals surface area contributed by atoms with E-state index in [1.807, 2.05) is 6.07 Å². The zero-order valence-corrected chi connectivity index (χ0v) is 18.9. The molecule has 0 unspecified atom stereocenters. The topological polar surface area (TPSA) is 108 Å². The summed E-state index contributed by atoms with van der Waals surface area (Å²) in [6.45, 7) is 6.36. The van der Waals surface area contributed by atoms with Crippen molar-refractivity contribution in [1.29, 1.82) is 0 Å². The third-order valence-electron chi connectivity index (χ3n) is 4.88. The number of rotatable bonds is 8. The van der Waals surface area contributed by atoms with Crippen LogP contribution in [0.2, 0.25) is 10.2 Å². The summed E-state index contributed by atoms with van der Waals surface area (Å²) in [4.78, 5) is 23.3. The van der Waals surface area contributed by atoms with Crippen LogP contribution >= 0.6 is 23.2 Å². The Balaban J connectivity index is 1.59. The molecule has 0 aliphatic carbocycles. The average molecular weight is 465 g/mol. The number of carbonyl (C=O) groups excluding carboxylic acids is 1. The second-order valence-electron chi connectivity index (χ2n) is 7.16. The van der Waals surface area contributed by atoms with Crippen molar-refractivity contribution in [1.82, 2.24) is 24.9 Å². The van der Waals surface area contributed by atoms with Crippen LogP contribution in [0.25, 0.3) is 0 Å². The number of aryl methyl sites for hydroxylation is 3. The van der Waals surface area contributed by atoms with E-state index in [2.05, 4.69) is 15.5 Å². The molecule has 0 fully saturated rings. The van der Waals surface area contributed by atoms with Crippen LogP contribution in [0.15, 0.2) is 24.3 Å². The molecule has 2 heterocycles. The molecule has 2 aromatic heterocycles. The molecule has 31 heavy (non-hydrogen) atoms. The molecule has 164 valence electrons. The first-order valence-electron chi connectivity index (χ1n) is 9.63. The molecule has 0 aliphatic heterocycles. The van der Waals surface area contributed by atoms with E-state index in [1.165, 1.54) is 0 Å². The Morgan fingerprint density at radius 3 is 2.48 bits per heavy atom. The van der Waals surface area contributed by atoms with Gasteiger partial charge in [-0.3, -0.25) is 24.3 Å². The fraction of sp³-hybridized carbons (Fsp3) is 0.350. The lowest BCUT2D eigenvalue weighted by atomic mass is 10.1. The number of halogens is 2. The number of carbonyl (C=O) groups is 1. The van der Waals surface area contributed by atoms with Gasteiger partial charge in [-0.15, -0.1) is 0 Å². The molecule has 1 amide bonds. The van der Waals surface area contributed by atoms with Crippen molar-refractivity contribution in [3.63, 3.8) is 0 Å². The minimum Gasteiger partial charge on any atom is -0.352 e. The van der Waals surface area contributed by atoms with Crippen LogP contribution in [0.5, 0.6) is 0 Å². The van der Waals surface area contributed by atoms with E-state index in [-0.39, 0.29) is 11.6 Å². The van der Waals surface area contributed by atoms with Gasteiger partial charge < -0.3 is 5.32 Å². The second kappa shape index (κ2) is 9.49. The van der Waals surface area contributed by atoms with E-state index >= 15 is 0 Å². The number of aromatic nitrogens is 4. The Morgan fingerprint density at radius 2 is 1.87 bits per heavy atom. The van der Waals surface area contributed by atoms with Crippen molar-refractivity contribution in [2.75, 3.05) is 6.54 Å². The molecule has 0 bridgehead atoms. The molecule has 11 heteroatoms. The van der Waals surface area contributed by atoms with Crippen LogP contribution in [-0.2, 0) is 13.1 Å². The van der Waals surface area contributed by atoms with Gasteiger partial charge in [0.2, 0.25) is 0 Å². The summed E-state index contributed by atoms with van der Waals surface area (Å²) in [5, 5.41) is 23.4. The minimum absolute atomic E-state index is 0.0164. The number of benzene rings is 1. The minimum atomic E-state index is -0.427. The first-order chi connectivity index (χ1) is 14.7. The largest absolute Gasteiger partial charge is 0.352 e. The Labute approximate surface area is 189 Å². The summed E-state index contributed by atoms with van der Waals surface area (Å²) in [6, 6.07) is 7.10. The van der Waals surface area contributed by atoms with Gasteiger partial charge in [-0.25, -0.2) is 0 Å². The maximum atomic E-state index is 12.5. The van der Waals surface area contributed by atoms with Crippen LogP contribution in [0, 0.1) is 30.9 Å². The normalized spacial score (nSPS) is 11.0. The second-order valence-corrected chi connectivity index (χ2v) is 7.89. The molecule has 3 aromatic rings. The average Bonchev–Trinajstić information content (AvgIpc) is 3.14. The number of nitrogens with zero attached hydrogens (tertiary/aromatic N) is 5. The van der Waals surface area contributed by atoms with Gasteiger partial charge in [-0.2, -0.15) is 10.2 Å². The van der Waals surface area contributed by atoms with E-state index in [4.69, 9.17) is 23.2 Å². The van der Waals surface area contributed by atoms with Gasteiger partial charge >= 0.3 is 5.69 Å². The van der Waals surface area contributed by atoms with Gasteiger partial charge in [0.1, 0.15) is 21.6 Å². The van der Waals surface area contributed by atoms with Gasteiger partial charge in [-0.1, -0.05) is 35.3 Å². The fourth-order valence-electron chi connectivity index (χ4n) is 3.30. The van der Waals surface area contributed by atoms with E-state index in [0.717, 1.165) is 5.56 Å². The quantitative estimate of drug-likeness (QED) is 0.306. The molecule has 0 radical (unpaired) electrons. The maximum absolute atomic E-state index is 12.5. The van der Waals surface area contributed by atoms with E-state index < -0.39 is 4.92 Å². The van der Waals surface area contributed by atoms with Crippen molar-refractivity contribution >= 4 is 34.8 Å². The Morgan fingerprint density at radius 1 is 1.16 bits per heavy atom. The fourth-order valence-corrected chi connectivity index (χ4v) is 3.70. The monoisotopic (exact) mass is 464 g/mol. The molecule has 9 nitrogen and oxygen atoms in total. The molecule has 0 saturated heterocycles. The molecule has 0 saturated carbocycles. The highest BCUT2D eigenvalue weighted by Crippen LogP contribution is 2.25. The Kier molecular flexibility index (Phi) is 6.97. The lowest BCUT2D eigenvalue weighted by Crippen LogP contribution is -2.25. The predicted octanol–water partition coefficient (Wildman–Crippen LogP) is 4.09. The van der Waals surface area contributed by atoms with Gasteiger partial charge in [0.25, 0.3) is 5.91 Å². The molecule has 0 spiro atoms. The van der Waals surface area contributed by atoms with Crippen LogP contribution < -0.4 is 5.32 Å². The Hall–Kier alpha value is -2.91. The SMILES string of the molecule is Cc1nn(CCCNC(=O)c2cccc(Cn3nc(C)c([N+](=O)[O-])c3C)c2)c(Cl)c1Cl. The first-order valence-corrected chi connectivity index (χ1v) is 10.4. The smallest absolute Gasteiger partial charge is 0.312 e. The standard InChI is InChI=1S/C20H22Cl2N6O3/c1-12-17(21)19(22)26(24-12)9-5-8-23-20(29)16-7-4-6-15(10-16)11-27-14(3)18(28(30)31)13(2)25-27/h4,6-7,10H,5,8-9,11H2,1-3H3,(H,23,29). The van der Waals surface area contributed by atoms with Gasteiger partial charge in [0.05, 0.1) is 17.2 Å². The molecular formula is C20H22Cl2N6O3. The van der Waals surface area contributed by atoms with Crippen molar-refractivity contribution < 1.29 is 9.72 Å². The van der Waals surface area contributed by atoms with Gasteiger partial charge in [-0.05, 0) is 44.9 Å². The van der Waals surface area contributed by atoms with E-state index in [1.54, 1.807) is 48.3 Å². The maximum Gasteiger partial charge on any atom is 0.312 e. The van der Waals surface area contributed by atoms with Crippen molar-refractivity contribution in [3.8, 4) is 0 Å². The summed E-state index contributed by atoms with van der Waals surface area (Å²) in [6.07, 6.45) is 0.637. The summed E-state index contributed by atoms with van der Waals surface area (Å²) >= 11 is 12.1. The highest BCUT2D eigenvalue weighted by Gasteiger charge is 2.21. The summed E-state index contributed by atoms with van der Waals surface area (Å²) in [7, 11) is 0. The van der Waals surface area contributed by atoms with Crippen LogP contribution in [0.1, 0.15) is 39.4 Å². The molecule has 3 rings (SSSR count). The van der Waals surface area contributed by atoms with Crippen LogP contribution in [-0.4, -0.2) is 36.9 Å². The molecule has 1 aromatic carbocycles. The van der Waals surface area contributed by atoms with E-state index in [0.29, 0.717) is 58.9 Å². The highest BCUT2D eigenvalue weighted by atomic mass is 35.5. The Bertz CT molecular complexity index is 1140. The van der Waals surface area contributed by atoms with Crippen molar-refractivity contribution in [3.05, 3.63) is 72.8 Å². The van der Waals surface area contributed by atoms with Crippen molar-refractivity contribution in [2.45, 2.75) is 40.3 Å². The summed E-state index contributed by atoms with van der Waals surface area (Å²) < 4.78 is 3.19. The number of hydrogen-bond acceptors (Lipinski definition) is 5. The van der Waals surface area contributed by atoms with Gasteiger partial charge in [0.15, 0.2) is 0 Å². The predicted molar refractivity (Wildman–Crippen MR) is 118 cm³/mol. The number of hydrogen-bond donors (Lipinski definition) is 1. The number of nitro groups is 1. The molecule has 0 atom stereocenters. The zero-order valence-electron chi connectivity index (χ0n) is 17.4. The zero-order chi connectivity index (χ0) is 22.7. The van der Waals surface area contributed by atoms with Crippen molar-refractivity contribution in [2.24, 2.45) is 0 Å². The number of nitrogens with one attached hydrogen (secondary N) is 1. The summed E-state index contributed by atoms with van der Waals surface area (Å²) in [5.41, 5.74) is 2.85. The first kappa shape index (κ1) is 22.8. The molecular weight excluding hydrogens is 443 g/mol. The third-order valence-corrected chi connectivity index (χ3v) is 5.81. The van der Waals surface area contributed by atoms with Crippen LogP contribution in [0.3, 0.4) is 0 Å². The van der Waals surface area contributed by atoms with Crippen LogP contribution in [0.4, 0.5) is 5.69 Å². The van der Waals surface area contributed by atoms with Gasteiger partial charge in [0, 0.05) is 18.7 Å². The van der Waals surface area contributed by atoms with E-state index in [9.17, 15) is 14.9 Å². The lowest BCUT2D eigenvalue weighted by molar-refractivity contribution is -0.386. The number of amides is 1.